The van der Waals surface area contributed by atoms with E-state index in [1.165, 1.54) is 4.31 Å². The van der Waals surface area contributed by atoms with Crippen LogP contribution in [0.2, 0.25) is 0 Å². The maximum Gasteiger partial charge on any atom is 0.243 e. The highest BCUT2D eigenvalue weighted by Gasteiger charge is 2.33. The molecule has 2 rings (SSSR count). The Morgan fingerprint density at radius 2 is 1.90 bits per heavy atom. The molecular weight excluding hydrogens is 274 g/mol. The molecular formula is C15H23NO3S. The van der Waals surface area contributed by atoms with Gasteiger partial charge in [0.2, 0.25) is 10.0 Å². The van der Waals surface area contributed by atoms with E-state index in [0.717, 1.165) is 5.56 Å². The fourth-order valence-electron chi connectivity index (χ4n) is 2.59. The third kappa shape index (κ3) is 3.05. The highest BCUT2D eigenvalue weighted by atomic mass is 32.2. The van der Waals surface area contributed by atoms with E-state index in [1.807, 2.05) is 32.9 Å². The number of piperidine rings is 1. The smallest absolute Gasteiger partial charge is 0.243 e. The molecule has 1 N–H and O–H groups in total. The first kappa shape index (κ1) is 15.5. The molecule has 0 saturated carbocycles. The Bertz CT molecular complexity index is 575. The monoisotopic (exact) mass is 297 g/mol. The summed E-state index contributed by atoms with van der Waals surface area (Å²) in [6, 6.07) is 7.15. The zero-order chi connectivity index (χ0) is 15.0. The summed E-state index contributed by atoms with van der Waals surface area (Å²) in [6.07, 6.45) is 0.825. The second-order valence-electron chi connectivity index (χ2n) is 6.41. The van der Waals surface area contributed by atoms with Gasteiger partial charge in [-0.1, -0.05) is 39.0 Å². The number of β-amino-alcohol motifs (C(OH)–C–C–N with tert-alkyl or cyclic N) is 1. The average molecular weight is 297 g/mol. The molecule has 0 aliphatic carbocycles. The molecule has 0 aromatic heterocycles. The predicted molar refractivity (Wildman–Crippen MR) is 79.1 cm³/mol. The third-order valence-electron chi connectivity index (χ3n) is 3.67. The van der Waals surface area contributed by atoms with E-state index in [1.54, 1.807) is 12.1 Å². The Hall–Kier alpha value is -0.910. The normalized spacial score (nSPS) is 21.9. The molecule has 1 aromatic rings. The van der Waals surface area contributed by atoms with Crippen LogP contribution in [0, 0.1) is 0 Å². The quantitative estimate of drug-likeness (QED) is 0.910. The van der Waals surface area contributed by atoms with Crippen molar-refractivity contribution in [1.29, 1.82) is 0 Å². The second-order valence-corrected chi connectivity index (χ2v) is 8.31. The molecule has 0 amide bonds. The van der Waals surface area contributed by atoms with Crippen LogP contribution in [0.15, 0.2) is 29.2 Å². The van der Waals surface area contributed by atoms with Crippen molar-refractivity contribution in [2.24, 2.45) is 0 Å². The van der Waals surface area contributed by atoms with Gasteiger partial charge in [0.1, 0.15) is 0 Å². The Balaban J connectivity index is 2.45. The highest BCUT2D eigenvalue weighted by Crippen LogP contribution is 2.31. The molecule has 1 atom stereocenters. The minimum atomic E-state index is -3.54. The zero-order valence-electron chi connectivity index (χ0n) is 12.3. The van der Waals surface area contributed by atoms with E-state index in [0.29, 0.717) is 24.3 Å². The lowest BCUT2D eigenvalue weighted by Gasteiger charge is -2.31. The Morgan fingerprint density at radius 1 is 1.25 bits per heavy atom. The van der Waals surface area contributed by atoms with Crippen LogP contribution in [0.4, 0.5) is 0 Å². The van der Waals surface area contributed by atoms with Crippen LogP contribution < -0.4 is 0 Å². The van der Waals surface area contributed by atoms with Crippen LogP contribution in [0.1, 0.15) is 39.2 Å². The molecule has 20 heavy (non-hydrogen) atoms. The summed E-state index contributed by atoms with van der Waals surface area (Å²) in [5, 5.41) is 9.71. The largest absolute Gasteiger partial charge is 0.392 e. The number of rotatable bonds is 2. The van der Waals surface area contributed by atoms with E-state index in [-0.39, 0.29) is 12.0 Å². The number of hydrogen-bond acceptors (Lipinski definition) is 3. The summed E-state index contributed by atoms with van der Waals surface area (Å²) in [5.74, 6) is 0. The maximum absolute atomic E-state index is 12.8. The third-order valence-corrected chi connectivity index (χ3v) is 5.60. The number of nitrogens with zero attached hydrogens (tertiary/aromatic N) is 1. The van der Waals surface area contributed by atoms with Gasteiger partial charge >= 0.3 is 0 Å². The predicted octanol–water partition coefficient (Wildman–Crippen LogP) is 2.13. The van der Waals surface area contributed by atoms with E-state index in [2.05, 4.69) is 0 Å². The van der Waals surface area contributed by atoms with Crippen molar-refractivity contribution in [3.8, 4) is 0 Å². The topological polar surface area (TPSA) is 57.6 Å². The standard InChI is InChI=1S/C15H23NO3S/c1-15(2,3)13-8-4-5-9-14(13)20(18,19)16-10-6-7-12(17)11-16/h4-5,8-9,12,17H,6-7,10-11H2,1-3H3. The Morgan fingerprint density at radius 3 is 2.50 bits per heavy atom. The molecule has 1 aromatic carbocycles. The summed E-state index contributed by atoms with van der Waals surface area (Å²) in [4.78, 5) is 0.363. The SMILES string of the molecule is CC(C)(C)c1ccccc1S(=O)(=O)N1CCCC(O)C1. The van der Waals surface area contributed by atoms with Crippen molar-refractivity contribution in [3.05, 3.63) is 29.8 Å². The number of aliphatic hydroxyl groups is 1. The van der Waals surface area contributed by atoms with Gasteiger partial charge in [-0.15, -0.1) is 0 Å². The van der Waals surface area contributed by atoms with Gasteiger partial charge in [-0.05, 0) is 29.9 Å². The average Bonchev–Trinajstić information content (AvgIpc) is 2.38. The van der Waals surface area contributed by atoms with Crippen LogP contribution in [-0.4, -0.2) is 37.0 Å². The Kier molecular flexibility index (Phi) is 4.23. The number of hydrogen-bond donors (Lipinski definition) is 1. The van der Waals surface area contributed by atoms with E-state index in [9.17, 15) is 13.5 Å². The van der Waals surface area contributed by atoms with Crippen molar-refractivity contribution in [1.82, 2.24) is 4.31 Å². The first-order valence-corrected chi connectivity index (χ1v) is 8.44. The molecule has 0 radical (unpaired) electrons. The van der Waals surface area contributed by atoms with Gasteiger partial charge < -0.3 is 5.11 Å². The minimum absolute atomic E-state index is 0.195. The van der Waals surface area contributed by atoms with Crippen LogP contribution in [-0.2, 0) is 15.4 Å². The fourth-order valence-corrected chi connectivity index (χ4v) is 4.51. The van der Waals surface area contributed by atoms with E-state index >= 15 is 0 Å². The lowest BCUT2D eigenvalue weighted by molar-refractivity contribution is 0.108. The molecule has 4 nitrogen and oxygen atoms in total. The van der Waals surface area contributed by atoms with Gasteiger partial charge in [0.05, 0.1) is 11.0 Å². The van der Waals surface area contributed by atoms with Crippen LogP contribution >= 0.6 is 0 Å². The molecule has 5 heteroatoms. The number of benzene rings is 1. The molecule has 1 heterocycles. The number of sulfonamides is 1. The van der Waals surface area contributed by atoms with Gasteiger partial charge in [-0.3, -0.25) is 0 Å². The zero-order valence-corrected chi connectivity index (χ0v) is 13.2. The molecule has 1 fully saturated rings. The van der Waals surface area contributed by atoms with Crippen molar-refractivity contribution in [2.75, 3.05) is 13.1 Å². The van der Waals surface area contributed by atoms with Crippen molar-refractivity contribution < 1.29 is 13.5 Å². The van der Waals surface area contributed by atoms with Crippen molar-refractivity contribution >= 4 is 10.0 Å². The van der Waals surface area contributed by atoms with Crippen molar-refractivity contribution in [2.45, 2.75) is 50.0 Å². The molecule has 1 saturated heterocycles. The van der Waals surface area contributed by atoms with Crippen LogP contribution in [0.3, 0.4) is 0 Å². The van der Waals surface area contributed by atoms with Crippen LogP contribution in [0.5, 0.6) is 0 Å². The molecule has 0 bridgehead atoms. The second kappa shape index (κ2) is 5.47. The summed E-state index contributed by atoms with van der Waals surface area (Å²) in [7, 11) is -3.54. The van der Waals surface area contributed by atoms with Gasteiger partial charge in [0.15, 0.2) is 0 Å². The van der Waals surface area contributed by atoms with Gasteiger partial charge in [-0.2, -0.15) is 4.31 Å². The van der Waals surface area contributed by atoms with E-state index < -0.39 is 16.1 Å². The summed E-state index contributed by atoms with van der Waals surface area (Å²) in [6.45, 7) is 6.70. The molecule has 1 unspecified atom stereocenters. The highest BCUT2D eigenvalue weighted by molar-refractivity contribution is 7.89. The molecule has 1 aliphatic heterocycles. The maximum atomic E-state index is 12.8. The lowest BCUT2D eigenvalue weighted by atomic mass is 9.87. The van der Waals surface area contributed by atoms with Gasteiger partial charge in [0.25, 0.3) is 0 Å². The first-order chi connectivity index (χ1) is 9.23. The summed E-state index contributed by atoms with van der Waals surface area (Å²) < 4.78 is 27.0. The van der Waals surface area contributed by atoms with E-state index in [4.69, 9.17) is 0 Å². The first-order valence-electron chi connectivity index (χ1n) is 7.00. The molecule has 0 spiro atoms. The van der Waals surface area contributed by atoms with Crippen LogP contribution in [0.25, 0.3) is 0 Å². The summed E-state index contributed by atoms with van der Waals surface area (Å²) >= 11 is 0. The molecule has 112 valence electrons. The minimum Gasteiger partial charge on any atom is -0.392 e. The van der Waals surface area contributed by atoms with Gasteiger partial charge in [0, 0.05) is 13.1 Å². The van der Waals surface area contributed by atoms with Gasteiger partial charge in [-0.25, -0.2) is 8.42 Å². The number of aliphatic hydroxyl groups excluding tert-OH is 1. The molecule has 1 aliphatic rings. The van der Waals surface area contributed by atoms with Crippen molar-refractivity contribution in [3.63, 3.8) is 0 Å². The Labute approximate surface area is 121 Å². The summed E-state index contributed by atoms with van der Waals surface area (Å²) in [5.41, 5.74) is 0.581. The fraction of sp³-hybridized carbons (Fsp3) is 0.600. The lowest BCUT2D eigenvalue weighted by Crippen LogP contribution is -2.42.